The van der Waals surface area contributed by atoms with Gasteiger partial charge in [-0.05, 0) is 25.7 Å². The van der Waals surface area contributed by atoms with E-state index in [1.165, 1.54) is 37.7 Å². The van der Waals surface area contributed by atoms with Gasteiger partial charge in [-0.3, -0.25) is 0 Å². The summed E-state index contributed by atoms with van der Waals surface area (Å²) in [5, 5.41) is 0. The van der Waals surface area contributed by atoms with E-state index >= 15 is 0 Å². The quantitative estimate of drug-likeness (QED) is 0.419. The fraction of sp³-hybridized carbons (Fsp3) is 0.625. The first-order valence-corrected chi connectivity index (χ1v) is 3.40. The molecule has 1 radical (unpaired) electrons. The molecule has 0 atom stereocenters. The number of allylic oxidation sites excluding steroid dienone is 1. The Hall–Kier alpha value is -0.260. The second-order valence-corrected chi connectivity index (χ2v) is 2.46. The van der Waals surface area contributed by atoms with Gasteiger partial charge in [0, 0.05) is 0 Å². The van der Waals surface area contributed by atoms with E-state index in [0.717, 1.165) is 0 Å². The van der Waals surface area contributed by atoms with Crippen molar-refractivity contribution in [1.29, 1.82) is 0 Å². The highest BCUT2D eigenvalue weighted by Gasteiger charge is 2.00. The summed E-state index contributed by atoms with van der Waals surface area (Å²) in [7, 11) is 0. The minimum Gasteiger partial charge on any atom is -0.0996 e. The highest BCUT2D eigenvalue weighted by atomic mass is 14.1. The van der Waals surface area contributed by atoms with E-state index in [2.05, 4.69) is 13.0 Å². The summed E-state index contributed by atoms with van der Waals surface area (Å²) in [5.41, 5.74) is 1.35. The van der Waals surface area contributed by atoms with Gasteiger partial charge in [0.25, 0.3) is 0 Å². The monoisotopic (exact) mass is 109 g/mol. The fourth-order valence-corrected chi connectivity index (χ4v) is 1.08. The Morgan fingerprint density at radius 1 is 1.25 bits per heavy atom. The zero-order valence-electron chi connectivity index (χ0n) is 5.32. The molecule has 0 N–H and O–H groups in total. The van der Waals surface area contributed by atoms with Crippen LogP contribution in [-0.2, 0) is 0 Å². The van der Waals surface area contributed by atoms with E-state index < -0.39 is 0 Å². The fourth-order valence-electron chi connectivity index (χ4n) is 1.08. The molecule has 0 aliphatic heterocycles. The largest absolute Gasteiger partial charge is 0.0996 e. The molecule has 0 nitrogen and oxygen atoms in total. The maximum Gasteiger partial charge on any atom is -0.0140 e. The smallest absolute Gasteiger partial charge is 0.0140 e. The average molecular weight is 109 g/mol. The highest BCUT2D eigenvalue weighted by molar-refractivity contribution is 5.08. The van der Waals surface area contributed by atoms with Crippen molar-refractivity contribution in [3.05, 3.63) is 18.6 Å². The minimum absolute atomic E-state index is 1.24. The van der Waals surface area contributed by atoms with Crippen LogP contribution >= 0.6 is 0 Å². The van der Waals surface area contributed by atoms with Crippen molar-refractivity contribution >= 4 is 0 Å². The lowest BCUT2D eigenvalue weighted by molar-refractivity contribution is 0.719. The van der Waals surface area contributed by atoms with Crippen LogP contribution in [0.25, 0.3) is 0 Å². The van der Waals surface area contributed by atoms with Gasteiger partial charge in [0.15, 0.2) is 0 Å². The number of rotatable bonds is 0. The summed E-state index contributed by atoms with van der Waals surface area (Å²) in [6.07, 6.45) is 8.90. The summed E-state index contributed by atoms with van der Waals surface area (Å²) in [4.78, 5) is 0. The Bertz CT molecular complexity index is 72.0. The molecule has 0 unspecified atom stereocenters. The molecule has 1 aliphatic rings. The maximum absolute atomic E-state index is 3.92. The Morgan fingerprint density at radius 2 is 2.12 bits per heavy atom. The van der Waals surface area contributed by atoms with Gasteiger partial charge in [0.2, 0.25) is 0 Å². The van der Waals surface area contributed by atoms with E-state index in [4.69, 9.17) is 0 Å². The van der Waals surface area contributed by atoms with Crippen LogP contribution in [0.2, 0.25) is 0 Å². The van der Waals surface area contributed by atoms with Crippen LogP contribution < -0.4 is 0 Å². The summed E-state index contributed by atoms with van der Waals surface area (Å²) in [6.45, 7) is 3.92. The van der Waals surface area contributed by atoms with Crippen molar-refractivity contribution < 1.29 is 0 Å². The number of hydrogen-bond donors (Lipinski definition) is 0. The topological polar surface area (TPSA) is 0 Å². The Balaban J connectivity index is 2.27. The first-order chi connectivity index (χ1) is 3.89. The van der Waals surface area contributed by atoms with Gasteiger partial charge in [-0.1, -0.05) is 25.0 Å². The third kappa shape index (κ3) is 1.69. The molecule has 0 aromatic carbocycles. The molecule has 0 spiro atoms. The third-order valence-corrected chi connectivity index (χ3v) is 1.64. The molecule has 1 saturated carbocycles. The van der Waals surface area contributed by atoms with Crippen molar-refractivity contribution in [2.75, 3.05) is 0 Å². The van der Waals surface area contributed by atoms with Gasteiger partial charge < -0.3 is 0 Å². The lowest BCUT2D eigenvalue weighted by Crippen LogP contribution is -1.75. The molecule has 0 bridgehead atoms. The second-order valence-electron chi connectivity index (χ2n) is 2.46. The highest BCUT2D eigenvalue weighted by Crippen LogP contribution is 2.18. The molecule has 8 heavy (non-hydrogen) atoms. The molecule has 0 amide bonds. The molecular formula is C8H13. The molecule has 0 heteroatoms. The molecule has 1 aliphatic carbocycles. The second kappa shape index (κ2) is 2.91. The molecular weight excluding hydrogens is 96.1 g/mol. The summed E-state index contributed by atoms with van der Waals surface area (Å²) < 4.78 is 0. The van der Waals surface area contributed by atoms with Gasteiger partial charge in [-0.25, -0.2) is 0 Å². The SMILES string of the molecule is C=C1[CH]CCCCC1. The van der Waals surface area contributed by atoms with Crippen LogP contribution in [0.4, 0.5) is 0 Å². The van der Waals surface area contributed by atoms with Crippen molar-refractivity contribution in [1.82, 2.24) is 0 Å². The molecule has 0 saturated heterocycles. The van der Waals surface area contributed by atoms with E-state index in [9.17, 15) is 0 Å². The van der Waals surface area contributed by atoms with Gasteiger partial charge in [0.05, 0.1) is 0 Å². The zero-order chi connectivity index (χ0) is 5.82. The molecule has 45 valence electrons. The Kier molecular flexibility index (Phi) is 2.13. The van der Waals surface area contributed by atoms with E-state index in [0.29, 0.717) is 0 Å². The van der Waals surface area contributed by atoms with E-state index in [1.807, 2.05) is 0 Å². The summed E-state index contributed by atoms with van der Waals surface area (Å²) in [5.74, 6) is 0. The molecule has 1 rings (SSSR count). The van der Waals surface area contributed by atoms with Crippen LogP contribution in [0, 0.1) is 6.42 Å². The first kappa shape index (κ1) is 5.87. The maximum atomic E-state index is 3.92. The lowest BCUT2D eigenvalue weighted by atomic mass is 10.1. The van der Waals surface area contributed by atoms with Gasteiger partial charge in [-0.15, -0.1) is 0 Å². The standard InChI is InChI=1S/C8H13/c1-8-6-4-2-3-5-7-8/h6H,1-5,7H2. The predicted molar refractivity (Wildman–Crippen MR) is 36.5 cm³/mol. The molecule has 0 aromatic rings. The first-order valence-electron chi connectivity index (χ1n) is 3.40. The van der Waals surface area contributed by atoms with Gasteiger partial charge in [-0.2, -0.15) is 0 Å². The van der Waals surface area contributed by atoms with Crippen LogP contribution in [0.3, 0.4) is 0 Å². The molecule has 0 heterocycles. The van der Waals surface area contributed by atoms with Gasteiger partial charge in [0.1, 0.15) is 0 Å². The van der Waals surface area contributed by atoms with Crippen LogP contribution in [0.15, 0.2) is 12.2 Å². The third-order valence-electron chi connectivity index (χ3n) is 1.64. The minimum atomic E-state index is 1.24. The predicted octanol–water partition coefficient (Wildman–Crippen LogP) is 2.71. The van der Waals surface area contributed by atoms with Gasteiger partial charge >= 0.3 is 0 Å². The average Bonchev–Trinajstić information content (AvgIpc) is 1.94. The van der Waals surface area contributed by atoms with E-state index in [1.54, 1.807) is 0 Å². The van der Waals surface area contributed by atoms with Crippen molar-refractivity contribution in [2.24, 2.45) is 0 Å². The van der Waals surface area contributed by atoms with Crippen molar-refractivity contribution in [3.63, 3.8) is 0 Å². The Morgan fingerprint density at radius 3 is 3.00 bits per heavy atom. The lowest BCUT2D eigenvalue weighted by Gasteiger charge is -1.93. The number of hydrogen-bond acceptors (Lipinski definition) is 0. The van der Waals surface area contributed by atoms with Crippen LogP contribution in [0.1, 0.15) is 32.1 Å². The van der Waals surface area contributed by atoms with Crippen LogP contribution in [-0.4, -0.2) is 0 Å². The van der Waals surface area contributed by atoms with Crippen molar-refractivity contribution in [2.45, 2.75) is 32.1 Å². The molecule has 0 aromatic heterocycles. The normalized spacial score (nSPS) is 22.8. The van der Waals surface area contributed by atoms with E-state index in [-0.39, 0.29) is 0 Å². The Labute approximate surface area is 51.6 Å². The van der Waals surface area contributed by atoms with Crippen molar-refractivity contribution in [3.8, 4) is 0 Å². The summed E-state index contributed by atoms with van der Waals surface area (Å²) in [6, 6.07) is 0. The van der Waals surface area contributed by atoms with Crippen LogP contribution in [0.5, 0.6) is 0 Å². The molecule has 1 fully saturated rings. The summed E-state index contributed by atoms with van der Waals surface area (Å²) >= 11 is 0. The zero-order valence-corrected chi connectivity index (χ0v) is 5.32.